The van der Waals surface area contributed by atoms with Crippen LogP contribution in [0.25, 0.3) is 16.1 Å². The highest BCUT2D eigenvalue weighted by Crippen LogP contribution is 2.15. The van der Waals surface area contributed by atoms with Crippen molar-refractivity contribution in [2.45, 2.75) is 0 Å². The number of nitro groups is 1. The summed E-state index contributed by atoms with van der Waals surface area (Å²) in [5.74, 6) is 0. The third-order valence-corrected chi connectivity index (χ3v) is 2.96. The Morgan fingerprint density at radius 3 is 2.48 bits per heavy atom. The van der Waals surface area contributed by atoms with Crippen LogP contribution in [0.4, 0.5) is 5.69 Å². The molecule has 23 heavy (non-hydrogen) atoms. The lowest BCUT2D eigenvalue weighted by molar-refractivity contribution is -0.384. The van der Waals surface area contributed by atoms with E-state index in [-0.39, 0.29) is 5.69 Å². The van der Waals surface area contributed by atoms with Gasteiger partial charge in [0.1, 0.15) is 0 Å². The van der Waals surface area contributed by atoms with Gasteiger partial charge in [-0.2, -0.15) is 0 Å². The SMILES string of the molecule is [N-]=[N+]=N/C(=C\CN=Cc1ccc([N+](=O)[O-])cc1)c1ccccc1. The Morgan fingerprint density at radius 2 is 1.87 bits per heavy atom. The van der Waals surface area contributed by atoms with Crippen LogP contribution in [-0.2, 0) is 0 Å². The number of azide groups is 1. The summed E-state index contributed by atoms with van der Waals surface area (Å²) in [7, 11) is 0. The summed E-state index contributed by atoms with van der Waals surface area (Å²) >= 11 is 0. The van der Waals surface area contributed by atoms with Gasteiger partial charge in [-0.25, -0.2) is 0 Å². The third-order valence-electron chi connectivity index (χ3n) is 2.96. The van der Waals surface area contributed by atoms with E-state index in [0.29, 0.717) is 12.2 Å². The quantitative estimate of drug-likeness (QED) is 0.197. The van der Waals surface area contributed by atoms with Crippen molar-refractivity contribution in [3.05, 3.63) is 92.4 Å². The summed E-state index contributed by atoms with van der Waals surface area (Å²) in [4.78, 5) is 17.1. The van der Waals surface area contributed by atoms with E-state index >= 15 is 0 Å². The number of nitro benzene ring substituents is 1. The topological polar surface area (TPSA) is 104 Å². The molecule has 0 aliphatic heterocycles. The number of rotatable bonds is 6. The van der Waals surface area contributed by atoms with E-state index in [0.717, 1.165) is 11.1 Å². The maximum atomic E-state index is 10.6. The van der Waals surface area contributed by atoms with Crippen molar-refractivity contribution >= 4 is 17.6 Å². The lowest BCUT2D eigenvalue weighted by Crippen LogP contribution is -1.89. The Hall–Kier alpha value is -3.44. The van der Waals surface area contributed by atoms with E-state index < -0.39 is 4.92 Å². The lowest BCUT2D eigenvalue weighted by Gasteiger charge is -1.99. The van der Waals surface area contributed by atoms with Crippen LogP contribution in [0.15, 0.2) is 70.8 Å². The van der Waals surface area contributed by atoms with Crippen LogP contribution in [0.5, 0.6) is 0 Å². The number of non-ortho nitro benzene ring substituents is 1. The molecule has 0 aliphatic rings. The van der Waals surface area contributed by atoms with Gasteiger partial charge in [0, 0.05) is 29.0 Å². The summed E-state index contributed by atoms with van der Waals surface area (Å²) in [6.45, 7) is 0.334. The third kappa shape index (κ3) is 4.80. The van der Waals surface area contributed by atoms with Gasteiger partial charge in [-0.1, -0.05) is 41.5 Å². The van der Waals surface area contributed by atoms with Gasteiger partial charge >= 0.3 is 0 Å². The zero-order valence-corrected chi connectivity index (χ0v) is 12.1. The van der Waals surface area contributed by atoms with Crippen molar-refractivity contribution in [2.24, 2.45) is 10.1 Å². The van der Waals surface area contributed by atoms with Gasteiger partial charge in [0.05, 0.1) is 11.5 Å². The smallest absolute Gasteiger partial charge is 0.269 e. The molecule has 0 aromatic heterocycles. The molecule has 0 radical (unpaired) electrons. The Kier molecular flexibility index (Phi) is 5.62. The summed E-state index contributed by atoms with van der Waals surface area (Å²) in [6.07, 6.45) is 3.33. The largest absolute Gasteiger partial charge is 0.288 e. The number of hydrogen-bond donors (Lipinski definition) is 0. The molecule has 0 saturated heterocycles. The van der Waals surface area contributed by atoms with Gasteiger partial charge in [0.15, 0.2) is 0 Å². The number of aliphatic imine (C=N–C) groups is 1. The minimum Gasteiger partial charge on any atom is -0.288 e. The normalized spacial score (nSPS) is 11.2. The Labute approximate surface area is 132 Å². The van der Waals surface area contributed by atoms with Crippen molar-refractivity contribution in [1.29, 1.82) is 0 Å². The Bertz CT molecular complexity index is 776. The molecule has 2 aromatic rings. The zero-order valence-electron chi connectivity index (χ0n) is 12.1. The molecular formula is C16H13N5O2. The average molecular weight is 307 g/mol. The van der Waals surface area contributed by atoms with E-state index in [2.05, 4.69) is 15.0 Å². The number of nitrogens with zero attached hydrogens (tertiary/aromatic N) is 5. The summed E-state index contributed by atoms with van der Waals surface area (Å²) in [5.41, 5.74) is 10.7. The fourth-order valence-corrected chi connectivity index (χ4v) is 1.85. The van der Waals surface area contributed by atoms with Gasteiger partial charge in [-0.15, -0.1) is 0 Å². The number of benzene rings is 2. The van der Waals surface area contributed by atoms with E-state index in [1.54, 1.807) is 24.4 Å². The first-order valence-corrected chi connectivity index (χ1v) is 6.75. The molecule has 0 amide bonds. The van der Waals surface area contributed by atoms with Crippen molar-refractivity contribution in [3.63, 3.8) is 0 Å². The first kappa shape index (κ1) is 15.9. The fourth-order valence-electron chi connectivity index (χ4n) is 1.85. The molecular weight excluding hydrogens is 294 g/mol. The molecule has 0 bridgehead atoms. The van der Waals surface area contributed by atoms with Crippen molar-refractivity contribution in [2.75, 3.05) is 6.54 Å². The van der Waals surface area contributed by atoms with Crippen LogP contribution in [0, 0.1) is 10.1 Å². The van der Waals surface area contributed by atoms with E-state index in [9.17, 15) is 10.1 Å². The molecule has 114 valence electrons. The van der Waals surface area contributed by atoms with Gasteiger partial charge in [0.25, 0.3) is 5.69 Å². The minimum absolute atomic E-state index is 0.0387. The van der Waals surface area contributed by atoms with Crippen LogP contribution in [-0.4, -0.2) is 17.7 Å². The highest BCUT2D eigenvalue weighted by Gasteiger charge is 2.02. The fraction of sp³-hybridized carbons (Fsp3) is 0.0625. The average Bonchev–Trinajstić information content (AvgIpc) is 2.59. The molecule has 0 saturated carbocycles. The lowest BCUT2D eigenvalue weighted by atomic mass is 10.1. The predicted octanol–water partition coefficient (Wildman–Crippen LogP) is 4.37. The molecule has 0 N–H and O–H groups in total. The highest BCUT2D eigenvalue weighted by atomic mass is 16.6. The summed E-state index contributed by atoms with van der Waals surface area (Å²) in [6, 6.07) is 15.4. The second-order valence-corrected chi connectivity index (χ2v) is 4.49. The van der Waals surface area contributed by atoms with Gasteiger partial charge in [0.2, 0.25) is 0 Å². The van der Waals surface area contributed by atoms with Crippen LogP contribution < -0.4 is 0 Å². The Balaban J connectivity index is 2.06. The van der Waals surface area contributed by atoms with E-state index in [1.807, 2.05) is 30.3 Å². The van der Waals surface area contributed by atoms with E-state index in [1.165, 1.54) is 12.1 Å². The molecule has 0 spiro atoms. The van der Waals surface area contributed by atoms with Gasteiger partial charge in [-0.3, -0.25) is 15.1 Å². The molecule has 0 aliphatic carbocycles. The van der Waals surface area contributed by atoms with Crippen LogP contribution in [0.1, 0.15) is 11.1 Å². The van der Waals surface area contributed by atoms with E-state index in [4.69, 9.17) is 5.53 Å². The molecule has 0 fully saturated rings. The number of hydrogen-bond acceptors (Lipinski definition) is 4. The zero-order chi connectivity index (χ0) is 16.5. The summed E-state index contributed by atoms with van der Waals surface area (Å²) < 4.78 is 0. The molecule has 2 rings (SSSR count). The predicted molar refractivity (Wildman–Crippen MR) is 89.1 cm³/mol. The molecule has 7 heteroatoms. The van der Waals surface area contributed by atoms with Gasteiger partial charge < -0.3 is 0 Å². The minimum atomic E-state index is -0.449. The first-order valence-electron chi connectivity index (χ1n) is 6.75. The highest BCUT2D eigenvalue weighted by molar-refractivity contribution is 5.80. The van der Waals surface area contributed by atoms with Crippen LogP contribution in [0.2, 0.25) is 0 Å². The second-order valence-electron chi connectivity index (χ2n) is 4.49. The molecule has 0 atom stereocenters. The standard InChI is InChI=1S/C16H13N5O2/c17-20-19-16(14-4-2-1-3-5-14)10-11-18-12-13-6-8-15(9-7-13)21(22)23/h1-10,12H,11H2/b16-10-,18-12?. The van der Waals surface area contributed by atoms with Crippen molar-refractivity contribution in [3.8, 4) is 0 Å². The molecule has 2 aromatic carbocycles. The maximum absolute atomic E-state index is 10.6. The molecule has 7 nitrogen and oxygen atoms in total. The molecule has 0 unspecified atom stereocenters. The van der Waals surface area contributed by atoms with Gasteiger partial charge in [-0.05, 0) is 28.8 Å². The maximum Gasteiger partial charge on any atom is 0.269 e. The van der Waals surface area contributed by atoms with Crippen molar-refractivity contribution < 1.29 is 4.92 Å². The van der Waals surface area contributed by atoms with Crippen LogP contribution >= 0.6 is 0 Å². The Morgan fingerprint density at radius 1 is 1.17 bits per heavy atom. The molecule has 0 heterocycles. The second kappa shape index (κ2) is 8.11. The van der Waals surface area contributed by atoms with Crippen LogP contribution in [0.3, 0.4) is 0 Å². The van der Waals surface area contributed by atoms with Crippen molar-refractivity contribution in [1.82, 2.24) is 0 Å². The monoisotopic (exact) mass is 307 g/mol. The summed E-state index contributed by atoms with van der Waals surface area (Å²) in [5, 5.41) is 14.2. The first-order chi connectivity index (χ1) is 11.2.